The molecule has 1 rings (SSSR count). The van der Waals surface area contributed by atoms with Crippen molar-refractivity contribution in [2.45, 2.75) is 0 Å². The molecule has 14 heavy (non-hydrogen) atoms. The summed E-state index contributed by atoms with van der Waals surface area (Å²) in [6.45, 7) is 0. The monoisotopic (exact) mass is 211 g/mol. The molecule has 0 fully saturated rings. The van der Waals surface area contributed by atoms with E-state index >= 15 is 0 Å². The van der Waals surface area contributed by atoms with Gasteiger partial charge >= 0.3 is 0 Å². The van der Waals surface area contributed by atoms with Crippen molar-refractivity contribution in [3.05, 3.63) is 34.6 Å². The van der Waals surface area contributed by atoms with Gasteiger partial charge in [0.2, 0.25) is 0 Å². The van der Waals surface area contributed by atoms with Gasteiger partial charge in [0.1, 0.15) is 11.9 Å². The molecule has 0 N–H and O–H groups in total. The predicted molar refractivity (Wildman–Crippen MR) is 46.7 cm³/mol. The van der Waals surface area contributed by atoms with Gasteiger partial charge in [0, 0.05) is 0 Å². The maximum absolute atomic E-state index is 12.9. The summed E-state index contributed by atoms with van der Waals surface area (Å²) in [5, 5.41) is 7.72. The zero-order valence-electron chi connectivity index (χ0n) is 6.75. The second-order valence-electron chi connectivity index (χ2n) is 2.39. The molecule has 1 aromatic carbocycles. The van der Waals surface area contributed by atoms with E-state index < -0.39 is 16.6 Å². The number of rotatable bonds is 2. The van der Waals surface area contributed by atoms with Gasteiger partial charge in [-0.25, -0.2) is 4.39 Å². The van der Waals surface area contributed by atoms with Gasteiger partial charge in [-0.15, -0.1) is 0 Å². The quantitative estimate of drug-likeness (QED) is 0.554. The summed E-state index contributed by atoms with van der Waals surface area (Å²) in [7, 11) is 0. The highest BCUT2D eigenvalue weighted by Gasteiger charge is 2.16. The predicted octanol–water partition coefficient (Wildman–Crippen LogP) is 1.89. The van der Waals surface area contributed by atoms with E-state index in [1.807, 2.05) is 0 Å². The Morgan fingerprint density at radius 2 is 2.21 bits per heavy atom. The molecule has 0 amide bonds. The number of carbonyl (C=O) groups is 2. The van der Waals surface area contributed by atoms with Crippen molar-refractivity contribution in [2.75, 3.05) is 0 Å². The van der Waals surface area contributed by atoms with Crippen LogP contribution >= 0.6 is 11.6 Å². The first-order valence-corrected chi connectivity index (χ1v) is 3.87. The van der Waals surface area contributed by atoms with E-state index in [9.17, 15) is 14.0 Å². The molecule has 0 aliphatic carbocycles. The van der Waals surface area contributed by atoms with Crippen molar-refractivity contribution in [3.8, 4) is 6.07 Å². The molecule has 0 spiro atoms. The van der Waals surface area contributed by atoms with Crippen molar-refractivity contribution >= 4 is 23.1 Å². The van der Waals surface area contributed by atoms with Crippen LogP contribution in [0, 0.1) is 17.1 Å². The topological polar surface area (TPSA) is 57.9 Å². The third kappa shape index (κ3) is 1.63. The van der Waals surface area contributed by atoms with Crippen LogP contribution in [0.2, 0.25) is 0 Å². The fourth-order valence-corrected chi connectivity index (χ4v) is 1.15. The lowest BCUT2D eigenvalue weighted by molar-refractivity contribution is 0.108. The van der Waals surface area contributed by atoms with Gasteiger partial charge in [-0.05, 0) is 23.7 Å². The summed E-state index contributed by atoms with van der Waals surface area (Å²) >= 11 is 5.14. The third-order valence-corrected chi connectivity index (χ3v) is 1.84. The van der Waals surface area contributed by atoms with Crippen LogP contribution in [0.4, 0.5) is 4.39 Å². The Balaban J connectivity index is 3.58. The molecule has 0 aromatic heterocycles. The van der Waals surface area contributed by atoms with Gasteiger partial charge in [0.15, 0.2) is 6.29 Å². The number of halogens is 2. The van der Waals surface area contributed by atoms with E-state index in [0.29, 0.717) is 0 Å². The largest absolute Gasteiger partial charge is 0.298 e. The molecule has 0 saturated heterocycles. The van der Waals surface area contributed by atoms with Gasteiger partial charge in [-0.1, -0.05) is 0 Å². The molecule has 0 radical (unpaired) electrons. The molecule has 0 unspecified atom stereocenters. The number of benzene rings is 1. The van der Waals surface area contributed by atoms with Crippen LogP contribution in [0.5, 0.6) is 0 Å². The molecular weight excluding hydrogens is 209 g/mol. The van der Waals surface area contributed by atoms with E-state index in [-0.39, 0.29) is 17.4 Å². The number of nitrogens with zero attached hydrogens (tertiary/aromatic N) is 1. The van der Waals surface area contributed by atoms with Crippen LogP contribution in [-0.2, 0) is 0 Å². The molecule has 0 bridgehead atoms. The summed E-state index contributed by atoms with van der Waals surface area (Å²) in [5.41, 5.74) is -0.948. The summed E-state index contributed by atoms with van der Waals surface area (Å²) < 4.78 is 12.9. The number of nitriles is 1. The van der Waals surface area contributed by atoms with Crippen LogP contribution < -0.4 is 0 Å². The van der Waals surface area contributed by atoms with Crippen LogP contribution in [0.25, 0.3) is 0 Å². The second-order valence-corrected chi connectivity index (χ2v) is 2.73. The van der Waals surface area contributed by atoms with Crippen molar-refractivity contribution in [3.63, 3.8) is 0 Å². The standard InChI is InChI=1S/C9H3ClFNO2/c10-9(14)5-1-2-8(11)7(4-13)6(5)3-12/h1-2,4H. The lowest BCUT2D eigenvalue weighted by Crippen LogP contribution is -2.01. The zero-order chi connectivity index (χ0) is 10.7. The SMILES string of the molecule is N#Cc1c(C(=O)Cl)ccc(F)c1C=O. The minimum Gasteiger partial charge on any atom is -0.298 e. The Hall–Kier alpha value is -1.73. The molecule has 0 aliphatic heterocycles. The minimum absolute atomic E-state index is 0.169. The van der Waals surface area contributed by atoms with E-state index in [1.54, 1.807) is 6.07 Å². The minimum atomic E-state index is -0.898. The van der Waals surface area contributed by atoms with Gasteiger partial charge in [0.25, 0.3) is 5.24 Å². The van der Waals surface area contributed by atoms with Crippen LogP contribution in [0.3, 0.4) is 0 Å². The van der Waals surface area contributed by atoms with E-state index in [0.717, 1.165) is 12.1 Å². The van der Waals surface area contributed by atoms with Crippen LogP contribution in [0.15, 0.2) is 12.1 Å². The average molecular weight is 212 g/mol. The van der Waals surface area contributed by atoms with Crippen molar-refractivity contribution in [2.24, 2.45) is 0 Å². The lowest BCUT2D eigenvalue weighted by atomic mass is 10.0. The number of aldehydes is 1. The Morgan fingerprint density at radius 3 is 2.64 bits per heavy atom. The first-order chi connectivity index (χ1) is 6.61. The van der Waals surface area contributed by atoms with Crippen molar-refractivity contribution in [1.29, 1.82) is 5.26 Å². The third-order valence-electron chi connectivity index (χ3n) is 1.63. The van der Waals surface area contributed by atoms with Crippen molar-refractivity contribution < 1.29 is 14.0 Å². The first-order valence-electron chi connectivity index (χ1n) is 3.49. The number of carbonyl (C=O) groups excluding carboxylic acids is 2. The second kappa shape index (κ2) is 3.99. The molecule has 70 valence electrons. The smallest absolute Gasteiger partial charge is 0.253 e. The Labute approximate surface area is 83.7 Å². The van der Waals surface area contributed by atoms with E-state index in [2.05, 4.69) is 0 Å². The molecule has 0 aliphatic rings. The number of hydrogen-bond acceptors (Lipinski definition) is 3. The maximum atomic E-state index is 12.9. The summed E-state index contributed by atoms with van der Waals surface area (Å²) in [6.07, 6.45) is 0.178. The van der Waals surface area contributed by atoms with E-state index in [1.165, 1.54) is 0 Å². The van der Waals surface area contributed by atoms with Crippen LogP contribution in [0.1, 0.15) is 26.3 Å². The highest BCUT2D eigenvalue weighted by atomic mass is 35.5. The molecular formula is C9H3ClFNO2. The molecule has 3 nitrogen and oxygen atoms in total. The fourth-order valence-electron chi connectivity index (χ4n) is 0.994. The maximum Gasteiger partial charge on any atom is 0.253 e. The zero-order valence-corrected chi connectivity index (χ0v) is 7.51. The Kier molecular flexibility index (Phi) is 2.95. The fraction of sp³-hybridized carbons (Fsp3) is 0. The molecule has 0 heterocycles. The molecule has 1 aromatic rings. The first kappa shape index (κ1) is 10.4. The highest BCUT2D eigenvalue weighted by molar-refractivity contribution is 6.68. The van der Waals surface area contributed by atoms with Gasteiger partial charge < -0.3 is 0 Å². The van der Waals surface area contributed by atoms with Gasteiger partial charge in [-0.2, -0.15) is 5.26 Å². The summed E-state index contributed by atoms with van der Waals surface area (Å²) in [4.78, 5) is 21.2. The molecule has 0 atom stereocenters. The highest BCUT2D eigenvalue weighted by Crippen LogP contribution is 2.17. The van der Waals surface area contributed by atoms with E-state index in [4.69, 9.17) is 16.9 Å². The van der Waals surface area contributed by atoms with Gasteiger partial charge in [0.05, 0.1) is 16.7 Å². The number of hydrogen-bond donors (Lipinski definition) is 0. The van der Waals surface area contributed by atoms with Gasteiger partial charge in [-0.3, -0.25) is 9.59 Å². The average Bonchev–Trinajstić information content (AvgIpc) is 2.16. The lowest BCUT2D eigenvalue weighted by Gasteiger charge is -2.01. The van der Waals surface area contributed by atoms with Crippen LogP contribution in [-0.4, -0.2) is 11.5 Å². The normalized spacial score (nSPS) is 9.21. The summed E-state index contributed by atoms with van der Waals surface area (Å²) in [5.74, 6) is -0.849. The Morgan fingerprint density at radius 1 is 1.57 bits per heavy atom. The van der Waals surface area contributed by atoms with Crippen molar-refractivity contribution in [1.82, 2.24) is 0 Å². The molecule has 0 saturated carbocycles. The summed E-state index contributed by atoms with van der Waals surface area (Å²) in [6, 6.07) is 3.54. The molecule has 5 heteroatoms. The Bertz CT molecular complexity index is 451.